The van der Waals surface area contributed by atoms with E-state index >= 15 is 0 Å². The van der Waals surface area contributed by atoms with Crippen LogP contribution < -0.4 is 0 Å². The minimum Gasteiger partial charge on any atom is -0.365 e. The van der Waals surface area contributed by atoms with Gasteiger partial charge in [-0.25, -0.2) is 0 Å². The first-order valence-corrected chi connectivity index (χ1v) is 5.67. The van der Waals surface area contributed by atoms with Crippen molar-refractivity contribution in [2.75, 3.05) is 25.6 Å². The van der Waals surface area contributed by atoms with Gasteiger partial charge in [0.05, 0.1) is 0 Å². The zero-order valence-corrected chi connectivity index (χ0v) is 9.64. The van der Waals surface area contributed by atoms with Crippen molar-refractivity contribution >= 4 is 17.5 Å². The molecule has 14 heavy (non-hydrogen) atoms. The minimum absolute atomic E-state index is 0.0816. The fourth-order valence-electron chi connectivity index (χ4n) is 1.79. The molecule has 0 bridgehead atoms. The second kappa shape index (κ2) is 4.99. The number of hydrogen-bond acceptors (Lipinski definition) is 2. The summed E-state index contributed by atoms with van der Waals surface area (Å²) in [4.78, 5) is 13.8. The second-order valence-electron chi connectivity index (χ2n) is 3.76. The molecule has 1 aliphatic rings. The number of hydrogen-bond donors (Lipinski definition) is 0. The van der Waals surface area contributed by atoms with E-state index in [0.717, 1.165) is 12.8 Å². The summed E-state index contributed by atoms with van der Waals surface area (Å²) in [6, 6.07) is 0. The fraction of sp³-hybridized carbons (Fsp3) is 0.900. The van der Waals surface area contributed by atoms with E-state index in [4.69, 9.17) is 16.3 Å². The van der Waals surface area contributed by atoms with Gasteiger partial charge in [0.25, 0.3) is 5.91 Å². The summed E-state index contributed by atoms with van der Waals surface area (Å²) in [5.74, 6) is 0.563. The van der Waals surface area contributed by atoms with Crippen LogP contribution in [0.25, 0.3) is 0 Å². The number of carbonyl (C=O) groups excluding carboxylic acids is 1. The van der Waals surface area contributed by atoms with E-state index in [-0.39, 0.29) is 5.91 Å². The van der Waals surface area contributed by atoms with Crippen molar-refractivity contribution in [3.8, 4) is 0 Å². The highest BCUT2D eigenvalue weighted by molar-refractivity contribution is 6.18. The molecular weight excluding hydrogens is 202 g/mol. The Hall–Kier alpha value is -0.280. The summed E-state index contributed by atoms with van der Waals surface area (Å²) in [5.41, 5.74) is -0.595. The highest BCUT2D eigenvalue weighted by Crippen LogP contribution is 2.27. The number of alkyl halides is 1. The van der Waals surface area contributed by atoms with Gasteiger partial charge in [-0.15, -0.1) is 11.6 Å². The predicted octanol–water partition coefficient (Wildman–Crippen LogP) is 1.64. The van der Waals surface area contributed by atoms with Crippen LogP contribution in [0, 0.1) is 0 Å². The Bertz CT molecular complexity index is 202. The van der Waals surface area contributed by atoms with Gasteiger partial charge in [0, 0.05) is 25.6 Å². The van der Waals surface area contributed by atoms with Crippen LogP contribution in [0.15, 0.2) is 0 Å². The first-order valence-electron chi connectivity index (χ1n) is 5.13. The monoisotopic (exact) mass is 219 g/mol. The lowest BCUT2D eigenvalue weighted by Gasteiger charge is -2.29. The lowest BCUT2D eigenvalue weighted by Crippen LogP contribution is -2.47. The zero-order valence-electron chi connectivity index (χ0n) is 8.88. The molecule has 1 fully saturated rings. The Morgan fingerprint density at radius 2 is 2.36 bits per heavy atom. The predicted molar refractivity (Wildman–Crippen MR) is 56.6 cm³/mol. The molecule has 0 aromatic rings. The van der Waals surface area contributed by atoms with E-state index in [1.54, 1.807) is 4.90 Å². The van der Waals surface area contributed by atoms with Gasteiger partial charge in [-0.2, -0.15) is 0 Å². The SMILES string of the molecule is CCN(CCCl)C(=O)C1(C)CCCO1. The summed E-state index contributed by atoms with van der Waals surface area (Å²) >= 11 is 5.64. The molecule has 1 aliphatic heterocycles. The van der Waals surface area contributed by atoms with Crippen LogP contribution in [-0.2, 0) is 9.53 Å². The summed E-state index contributed by atoms with van der Waals surface area (Å²) in [7, 11) is 0. The molecule has 1 amide bonds. The smallest absolute Gasteiger partial charge is 0.254 e. The van der Waals surface area contributed by atoms with E-state index < -0.39 is 5.60 Å². The third kappa shape index (κ3) is 2.39. The van der Waals surface area contributed by atoms with E-state index in [1.807, 2.05) is 13.8 Å². The van der Waals surface area contributed by atoms with Crippen molar-refractivity contribution in [1.29, 1.82) is 0 Å². The van der Waals surface area contributed by atoms with Crippen LogP contribution in [0.2, 0.25) is 0 Å². The standard InChI is InChI=1S/C10H18ClNO2/c1-3-12(7-6-11)9(13)10(2)5-4-8-14-10/h3-8H2,1-2H3. The summed E-state index contributed by atoms with van der Waals surface area (Å²) in [6.07, 6.45) is 1.80. The van der Waals surface area contributed by atoms with Crippen molar-refractivity contribution in [3.05, 3.63) is 0 Å². The van der Waals surface area contributed by atoms with Gasteiger partial charge < -0.3 is 9.64 Å². The normalized spacial score (nSPS) is 26.5. The molecule has 0 aliphatic carbocycles. The maximum atomic E-state index is 12.0. The lowest BCUT2D eigenvalue weighted by molar-refractivity contribution is -0.150. The highest BCUT2D eigenvalue weighted by Gasteiger charge is 2.39. The van der Waals surface area contributed by atoms with Crippen LogP contribution in [-0.4, -0.2) is 42.0 Å². The molecule has 0 radical (unpaired) electrons. The number of rotatable bonds is 4. The summed E-state index contributed by atoms with van der Waals surface area (Å²) in [6.45, 7) is 5.84. The largest absolute Gasteiger partial charge is 0.365 e. The van der Waals surface area contributed by atoms with Crippen molar-refractivity contribution in [3.63, 3.8) is 0 Å². The minimum atomic E-state index is -0.595. The molecule has 1 saturated heterocycles. The van der Waals surface area contributed by atoms with E-state index in [2.05, 4.69) is 0 Å². The Balaban J connectivity index is 2.61. The van der Waals surface area contributed by atoms with Gasteiger partial charge in [-0.05, 0) is 26.7 Å². The zero-order chi connectivity index (χ0) is 10.6. The van der Waals surface area contributed by atoms with Crippen LogP contribution in [0.3, 0.4) is 0 Å². The average molecular weight is 220 g/mol. The summed E-state index contributed by atoms with van der Waals surface area (Å²) < 4.78 is 5.50. The number of amides is 1. The lowest BCUT2D eigenvalue weighted by atomic mass is 10.0. The first-order chi connectivity index (χ1) is 6.64. The molecule has 0 aromatic carbocycles. The van der Waals surface area contributed by atoms with Gasteiger partial charge in [0.15, 0.2) is 0 Å². The maximum Gasteiger partial charge on any atom is 0.254 e. The van der Waals surface area contributed by atoms with Crippen molar-refractivity contribution in [2.45, 2.75) is 32.3 Å². The number of ether oxygens (including phenoxy) is 1. The van der Waals surface area contributed by atoms with Crippen molar-refractivity contribution in [1.82, 2.24) is 4.90 Å². The van der Waals surface area contributed by atoms with Crippen molar-refractivity contribution < 1.29 is 9.53 Å². The molecule has 82 valence electrons. The number of halogens is 1. The second-order valence-corrected chi connectivity index (χ2v) is 4.13. The number of nitrogens with zero attached hydrogens (tertiary/aromatic N) is 1. The molecule has 3 nitrogen and oxygen atoms in total. The molecule has 0 aromatic heterocycles. The summed E-state index contributed by atoms with van der Waals surface area (Å²) in [5, 5.41) is 0. The quantitative estimate of drug-likeness (QED) is 0.673. The van der Waals surface area contributed by atoms with Crippen LogP contribution in [0.4, 0.5) is 0 Å². The molecule has 0 N–H and O–H groups in total. The first kappa shape index (κ1) is 11.8. The topological polar surface area (TPSA) is 29.5 Å². The highest BCUT2D eigenvalue weighted by atomic mass is 35.5. The molecule has 0 saturated carbocycles. The number of likely N-dealkylation sites (N-methyl/N-ethyl adjacent to an activating group) is 1. The van der Waals surface area contributed by atoms with E-state index in [0.29, 0.717) is 25.6 Å². The molecule has 1 atom stereocenters. The van der Waals surface area contributed by atoms with Crippen LogP contribution in [0.1, 0.15) is 26.7 Å². The van der Waals surface area contributed by atoms with Gasteiger partial charge in [0.1, 0.15) is 5.60 Å². The Kier molecular flexibility index (Phi) is 4.20. The molecule has 1 unspecified atom stereocenters. The molecule has 0 spiro atoms. The number of carbonyl (C=O) groups is 1. The van der Waals surface area contributed by atoms with Crippen LogP contribution >= 0.6 is 11.6 Å². The van der Waals surface area contributed by atoms with Gasteiger partial charge in [0.2, 0.25) is 0 Å². The van der Waals surface area contributed by atoms with E-state index in [1.165, 1.54) is 0 Å². The Morgan fingerprint density at radius 1 is 1.64 bits per heavy atom. The average Bonchev–Trinajstić information content (AvgIpc) is 2.62. The van der Waals surface area contributed by atoms with Gasteiger partial charge >= 0.3 is 0 Å². The molecule has 4 heteroatoms. The molecule has 1 heterocycles. The maximum absolute atomic E-state index is 12.0. The third-order valence-corrected chi connectivity index (χ3v) is 2.86. The van der Waals surface area contributed by atoms with Gasteiger partial charge in [-0.1, -0.05) is 0 Å². The molecule has 1 rings (SSSR count). The van der Waals surface area contributed by atoms with Crippen LogP contribution in [0.5, 0.6) is 0 Å². The van der Waals surface area contributed by atoms with Gasteiger partial charge in [-0.3, -0.25) is 4.79 Å². The fourth-order valence-corrected chi connectivity index (χ4v) is 1.99. The molecular formula is C10H18ClNO2. The third-order valence-electron chi connectivity index (χ3n) is 2.69. The van der Waals surface area contributed by atoms with E-state index in [9.17, 15) is 4.79 Å². The Morgan fingerprint density at radius 3 is 2.79 bits per heavy atom. The van der Waals surface area contributed by atoms with Crippen molar-refractivity contribution in [2.24, 2.45) is 0 Å². The Labute approximate surface area is 90.4 Å².